The lowest BCUT2D eigenvalue weighted by molar-refractivity contribution is -0.0767. The Balaban J connectivity index is 1.70. The Hall–Kier alpha value is -1.33. The molecule has 21 heavy (non-hydrogen) atoms. The highest BCUT2D eigenvalue weighted by molar-refractivity contribution is 6.33. The van der Waals surface area contributed by atoms with Crippen LogP contribution in [0, 0.1) is 0 Å². The summed E-state index contributed by atoms with van der Waals surface area (Å²) in [5.41, 5.74) is 5.60. The number of primary amides is 1. The van der Waals surface area contributed by atoms with Gasteiger partial charge in [0.1, 0.15) is 5.82 Å². The number of hydrogen-bond donors (Lipinski definition) is 2. The van der Waals surface area contributed by atoms with E-state index < -0.39 is 5.91 Å². The fraction of sp³-hybridized carbons (Fsp3) is 0.600. The molecule has 1 atom stereocenters. The van der Waals surface area contributed by atoms with Crippen LogP contribution in [-0.4, -0.2) is 29.1 Å². The maximum atomic E-state index is 11.1. The summed E-state index contributed by atoms with van der Waals surface area (Å²) in [5, 5.41) is 3.82. The summed E-state index contributed by atoms with van der Waals surface area (Å²) >= 11 is 6.18. The lowest BCUT2D eigenvalue weighted by Crippen LogP contribution is -2.42. The molecule has 2 aliphatic rings. The number of nitrogens with two attached hydrogens (primary N) is 1. The van der Waals surface area contributed by atoms with Crippen molar-refractivity contribution in [2.24, 2.45) is 5.73 Å². The number of nitrogens with one attached hydrogen (secondary N) is 1. The molecular formula is C15H20ClN3O2. The van der Waals surface area contributed by atoms with E-state index in [1.165, 1.54) is 19.0 Å². The van der Waals surface area contributed by atoms with Crippen LogP contribution in [0.3, 0.4) is 0 Å². The van der Waals surface area contributed by atoms with E-state index in [0.29, 0.717) is 22.4 Å². The van der Waals surface area contributed by atoms with Gasteiger partial charge in [-0.3, -0.25) is 4.79 Å². The predicted molar refractivity (Wildman–Crippen MR) is 81.6 cm³/mol. The smallest absolute Gasteiger partial charge is 0.250 e. The summed E-state index contributed by atoms with van der Waals surface area (Å²) in [4.78, 5) is 15.3. The van der Waals surface area contributed by atoms with Crippen LogP contribution in [0.2, 0.25) is 5.02 Å². The molecule has 1 saturated carbocycles. The molecule has 1 saturated heterocycles. The third-order valence-corrected chi connectivity index (χ3v) is 4.76. The fourth-order valence-corrected chi connectivity index (χ4v) is 3.61. The van der Waals surface area contributed by atoms with Crippen molar-refractivity contribution < 1.29 is 9.53 Å². The van der Waals surface area contributed by atoms with Crippen LogP contribution in [0.1, 0.15) is 48.9 Å². The Bertz CT molecular complexity index is 544. The van der Waals surface area contributed by atoms with Gasteiger partial charge in [0.2, 0.25) is 5.91 Å². The zero-order valence-electron chi connectivity index (χ0n) is 11.9. The van der Waals surface area contributed by atoms with Gasteiger partial charge >= 0.3 is 0 Å². The molecule has 1 spiro atoms. The first-order valence-electron chi connectivity index (χ1n) is 7.44. The maximum Gasteiger partial charge on any atom is 0.250 e. The molecule has 6 heteroatoms. The SMILES string of the molecule is NC(=O)c1cnc(NC2CCOC3(CCCC3)C2)c(Cl)c1. The number of pyridine rings is 1. The second-order valence-corrected chi connectivity index (χ2v) is 6.40. The van der Waals surface area contributed by atoms with Gasteiger partial charge in [0.05, 0.1) is 16.2 Å². The second-order valence-electron chi connectivity index (χ2n) is 5.99. The molecule has 1 aromatic rings. The quantitative estimate of drug-likeness (QED) is 0.900. The van der Waals surface area contributed by atoms with E-state index in [1.54, 1.807) is 6.07 Å². The van der Waals surface area contributed by atoms with Gasteiger partial charge in [-0.2, -0.15) is 0 Å². The number of carbonyl (C=O) groups excluding carboxylic acids is 1. The first-order valence-corrected chi connectivity index (χ1v) is 7.82. The summed E-state index contributed by atoms with van der Waals surface area (Å²) in [6.45, 7) is 0.772. The molecule has 114 valence electrons. The first-order chi connectivity index (χ1) is 10.1. The van der Waals surface area contributed by atoms with Gasteiger partial charge in [0.15, 0.2) is 0 Å². The van der Waals surface area contributed by atoms with E-state index in [9.17, 15) is 4.79 Å². The van der Waals surface area contributed by atoms with Crippen molar-refractivity contribution in [2.75, 3.05) is 11.9 Å². The third kappa shape index (κ3) is 3.14. The molecule has 0 bridgehead atoms. The van der Waals surface area contributed by atoms with Crippen molar-refractivity contribution >= 4 is 23.3 Å². The van der Waals surface area contributed by atoms with E-state index in [0.717, 1.165) is 32.3 Å². The van der Waals surface area contributed by atoms with Gasteiger partial charge in [0.25, 0.3) is 0 Å². The molecule has 3 rings (SSSR count). The highest BCUT2D eigenvalue weighted by Gasteiger charge is 2.40. The molecule has 1 aliphatic heterocycles. The van der Waals surface area contributed by atoms with E-state index in [4.69, 9.17) is 22.1 Å². The molecule has 0 radical (unpaired) electrons. The number of carbonyl (C=O) groups is 1. The lowest BCUT2D eigenvalue weighted by Gasteiger charge is -2.38. The van der Waals surface area contributed by atoms with E-state index in [2.05, 4.69) is 10.3 Å². The molecule has 1 amide bonds. The Kier molecular flexibility index (Phi) is 4.04. The molecule has 0 aromatic carbocycles. The van der Waals surface area contributed by atoms with Crippen LogP contribution in [0.5, 0.6) is 0 Å². The number of rotatable bonds is 3. The predicted octanol–water partition coefficient (Wildman–Crippen LogP) is 2.74. The molecule has 1 aliphatic carbocycles. The van der Waals surface area contributed by atoms with Crippen LogP contribution in [0.15, 0.2) is 12.3 Å². The zero-order valence-corrected chi connectivity index (χ0v) is 12.7. The van der Waals surface area contributed by atoms with Crippen molar-refractivity contribution in [3.05, 3.63) is 22.8 Å². The summed E-state index contributed by atoms with van der Waals surface area (Å²) in [7, 11) is 0. The van der Waals surface area contributed by atoms with Crippen LogP contribution >= 0.6 is 11.6 Å². The standard InChI is InChI=1S/C15H20ClN3O2/c16-12-7-10(13(17)20)9-18-14(12)19-11-3-6-21-15(8-11)4-1-2-5-15/h7,9,11H,1-6,8H2,(H2,17,20)(H,18,19). The van der Waals surface area contributed by atoms with Gasteiger partial charge in [-0.1, -0.05) is 24.4 Å². The highest BCUT2D eigenvalue weighted by atomic mass is 35.5. The van der Waals surface area contributed by atoms with Crippen molar-refractivity contribution in [1.29, 1.82) is 0 Å². The molecule has 1 unspecified atom stereocenters. The summed E-state index contributed by atoms with van der Waals surface area (Å²) in [6.07, 6.45) is 8.18. The average molecular weight is 310 g/mol. The minimum absolute atomic E-state index is 0.0511. The van der Waals surface area contributed by atoms with Crippen molar-refractivity contribution in [1.82, 2.24) is 4.98 Å². The first kappa shape index (κ1) is 14.6. The Morgan fingerprint density at radius 2 is 2.24 bits per heavy atom. The largest absolute Gasteiger partial charge is 0.375 e. The number of anilines is 1. The number of hydrogen-bond acceptors (Lipinski definition) is 4. The van der Waals surface area contributed by atoms with Gasteiger partial charge < -0.3 is 15.8 Å². The maximum absolute atomic E-state index is 11.1. The van der Waals surface area contributed by atoms with Crippen LogP contribution in [0.4, 0.5) is 5.82 Å². The Morgan fingerprint density at radius 3 is 2.90 bits per heavy atom. The van der Waals surface area contributed by atoms with Crippen molar-refractivity contribution in [3.63, 3.8) is 0 Å². The van der Waals surface area contributed by atoms with Gasteiger partial charge in [0, 0.05) is 18.8 Å². The number of amides is 1. The lowest BCUT2D eigenvalue weighted by atomic mass is 9.89. The summed E-state index contributed by atoms with van der Waals surface area (Å²) in [5.74, 6) is 0.0913. The molecule has 2 fully saturated rings. The fourth-order valence-electron chi connectivity index (χ4n) is 3.39. The van der Waals surface area contributed by atoms with Crippen molar-refractivity contribution in [2.45, 2.75) is 50.2 Å². The highest BCUT2D eigenvalue weighted by Crippen LogP contribution is 2.40. The molecular weight excluding hydrogens is 290 g/mol. The van der Waals surface area contributed by atoms with Crippen LogP contribution in [-0.2, 0) is 4.74 Å². The van der Waals surface area contributed by atoms with E-state index in [1.807, 2.05) is 0 Å². The third-order valence-electron chi connectivity index (χ3n) is 4.47. The van der Waals surface area contributed by atoms with Crippen molar-refractivity contribution in [3.8, 4) is 0 Å². The van der Waals surface area contributed by atoms with Gasteiger partial charge in [-0.15, -0.1) is 0 Å². The van der Waals surface area contributed by atoms with E-state index in [-0.39, 0.29) is 5.60 Å². The molecule has 5 nitrogen and oxygen atoms in total. The molecule has 1 aromatic heterocycles. The Morgan fingerprint density at radius 1 is 1.48 bits per heavy atom. The number of nitrogens with zero attached hydrogens (tertiary/aromatic N) is 1. The monoisotopic (exact) mass is 309 g/mol. The topological polar surface area (TPSA) is 77.2 Å². The molecule has 2 heterocycles. The number of aromatic nitrogens is 1. The summed E-state index contributed by atoms with van der Waals surface area (Å²) in [6, 6.07) is 1.87. The summed E-state index contributed by atoms with van der Waals surface area (Å²) < 4.78 is 6.02. The second kappa shape index (κ2) is 5.81. The van der Waals surface area contributed by atoms with Crippen LogP contribution < -0.4 is 11.1 Å². The van der Waals surface area contributed by atoms with E-state index >= 15 is 0 Å². The van der Waals surface area contributed by atoms with Gasteiger partial charge in [-0.25, -0.2) is 4.98 Å². The number of ether oxygens (including phenoxy) is 1. The molecule has 3 N–H and O–H groups in total. The minimum atomic E-state index is -0.521. The Labute approximate surface area is 129 Å². The zero-order chi connectivity index (χ0) is 14.9. The normalized spacial score (nSPS) is 24.1. The average Bonchev–Trinajstić information content (AvgIpc) is 2.89. The number of halogens is 1. The van der Waals surface area contributed by atoms with Gasteiger partial charge in [-0.05, 0) is 31.7 Å². The van der Waals surface area contributed by atoms with Crippen LogP contribution in [0.25, 0.3) is 0 Å². The minimum Gasteiger partial charge on any atom is -0.375 e.